The number of pyridine rings is 1. The Hall–Kier alpha value is -3.10. The van der Waals surface area contributed by atoms with Gasteiger partial charge in [-0.2, -0.15) is 17.0 Å². The first-order valence-corrected chi connectivity index (χ1v) is 15.3. The van der Waals surface area contributed by atoms with Gasteiger partial charge in [0.05, 0.1) is 22.9 Å². The van der Waals surface area contributed by atoms with E-state index in [1.807, 2.05) is 68.1 Å². The van der Waals surface area contributed by atoms with Gasteiger partial charge in [-0.1, -0.05) is 78.3 Å². The number of aromatic nitrogens is 1. The van der Waals surface area contributed by atoms with Crippen LogP contribution in [0.4, 0.5) is 0 Å². The molecule has 0 aliphatic heterocycles. The summed E-state index contributed by atoms with van der Waals surface area (Å²) in [6.07, 6.45) is 8.94. The van der Waals surface area contributed by atoms with Crippen LogP contribution in [0.2, 0.25) is 5.02 Å². The van der Waals surface area contributed by atoms with Gasteiger partial charge in [-0.25, -0.2) is 4.98 Å². The van der Waals surface area contributed by atoms with Crippen LogP contribution in [0.1, 0.15) is 72.7 Å². The molecule has 0 bridgehead atoms. The number of nitriles is 1. The molecule has 0 amide bonds. The fraction of sp³-hybridized carbons (Fsp3) is 0.314. The molecule has 1 unspecified atom stereocenters. The number of fused-ring (bicyclic) bond motifs is 1. The summed E-state index contributed by atoms with van der Waals surface area (Å²) in [5.41, 5.74) is 5.69. The van der Waals surface area contributed by atoms with Crippen LogP contribution in [-0.2, 0) is 12.0 Å². The Balaban J connectivity index is 1.37. The highest BCUT2D eigenvalue weighted by Crippen LogP contribution is 2.53. The zero-order valence-electron chi connectivity index (χ0n) is 23.1. The summed E-state index contributed by atoms with van der Waals surface area (Å²) >= 11 is 8.15. The number of halogens is 1. The average Bonchev–Trinajstić information content (AvgIpc) is 3.71. The molecule has 204 valence electrons. The molecule has 1 saturated carbocycles. The van der Waals surface area contributed by atoms with Crippen LogP contribution in [0.15, 0.2) is 78.9 Å². The summed E-state index contributed by atoms with van der Waals surface area (Å²) in [6.45, 7) is 3.71. The Morgan fingerprint density at radius 2 is 1.85 bits per heavy atom. The van der Waals surface area contributed by atoms with E-state index in [1.165, 1.54) is 11.1 Å². The van der Waals surface area contributed by atoms with Crippen molar-refractivity contribution < 1.29 is 5.11 Å². The number of hydrogen-bond donors (Lipinski definition) is 1. The maximum atomic E-state index is 10.7. The number of aliphatic hydroxyl groups is 1. The summed E-state index contributed by atoms with van der Waals surface area (Å²) in [7, 11) is 0. The van der Waals surface area contributed by atoms with Crippen molar-refractivity contribution in [2.24, 2.45) is 5.41 Å². The van der Waals surface area contributed by atoms with E-state index in [9.17, 15) is 10.4 Å². The summed E-state index contributed by atoms with van der Waals surface area (Å²) in [6, 6.07) is 29.2. The summed E-state index contributed by atoms with van der Waals surface area (Å²) in [5, 5.41) is 22.1. The van der Waals surface area contributed by atoms with Crippen LogP contribution < -0.4 is 0 Å². The van der Waals surface area contributed by atoms with Crippen LogP contribution in [-0.4, -0.2) is 15.8 Å². The standard InChI is InChI=1S/C35H35ClN2OS/c1-34(2,39)31-9-4-3-7-26(31)13-17-33(40-24-35(18-19-35)20-21-37)28-8-5-6-25(22-28)10-15-30-16-12-27-11-14-29(36)23-32(27)38-30/h3-12,14-16,22-23,33,39H,13,17-20,24H2,1-2H3. The van der Waals surface area contributed by atoms with Crippen molar-refractivity contribution in [1.29, 1.82) is 5.26 Å². The smallest absolute Gasteiger partial charge is 0.0843 e. The van der Waals surface area contributed by atoms with Gasteiger partial charge in [0.15, 0.2) is 0 Å². The second kappa shape index (κ2) is 12.2. The van der Waals surface area contributed by atoms with Gasteiger partial charge in [-0.3, -0.25) is 0 Å². The Kier molecular flexibility index (Phi) is 8.66. The van der Waals surface area contributed by atoms with E-state index in [2.05, 4.69) is 54.6 Å². The minimum Gasteiger partial charge on any atom is -0.386 e. The molecule has 3 aromatic carbocycles. The Bertz CT molecular complexity index is 1560. The molecule has 4 aromatic rings. The first-order valence-electron chi connectivity index (χ1n) is 13.9. The quantitative estimate of drug-likeness (QED) is 0.196. The van der Waals surface area contributed by atoms with E-state index in [0.717, 1.165) is 59.2 Å². The third-order valence-corrected chi connectivity index (χ3v) is 9.68. The van der Waals surface area contributed by atoms with E-state index in [0.29, 0.717) is 16.7 Å². The fourth-order valence-electron chi connectivity index (χ4n) is 5.21. The Morgan fingerprint density at radius 3 is 2.62 bits per heavy atom. The first-order chi connectivity index (χ1) is 19.2. The Morgan fingerprint density at radius 1 is 1.05 bits per heavy atom. The lowest BCUT2D eigenvalue weighted by molar-refractivity contribution is 0.0776. The zero-order chi connectivity index (χ0) is 28.2. The number of rotatable bonds is 11. The molecule has 1 atom stereocenters. The predicted molar refractivity (Wildman–Crippen MR) is 169 cm³/mol. The SMILES string of the molecule is CC(C)(O)c1ccccc1CCC(SCC1(CC#N)CC1)c1cccc(C=Cc2ccc3ccc(Cl)cc3n2)c1. The predicted octanol–water partition coefficient (Wildman–Crippen LogP) is 9.39. The second-order valence-corrected chi connectivity index (χ2v) is 13.1. The van der Waals surface area contributed by atoms with E-state index >= 15 is 0 Å². The normalized spacial score (nSPS) is 15.3. The maximum absolute atomic E-state index is 10.7. The average molecular weight is 567 g/mol. The molecular formula is C35H35ClN2OS. The highest BCUT2D eigenvalue weighted by Gasteiger charge is 2.42. The van der Waals surface area contributed by atoms with Crippen molar-refractivity contribution in [2.45, 2.75) is 56.8 Å². The lowest BCUT2D eigenvalue weighted by Crippen LogP contribution is -2.18. The van der Waals surface area contributed by atoms with Gasteiger partial charge in [0.1, 0.15) is 0 Å². The number of benzene rings is 3. The van der Waals surface area contributed by atoms with E-state index in [1.54, 1.807) is 0 Å². The molecule has 5 rings (SSSR count). The monoisotopic (exact) mass is 566 g/mol. The third kappa shape index (κ3) is 7.15. The maximum Gasteiger partial charge on any atom is 0.0843 e. The number of hydrogen-bond acceptors (Lipinski definition) is 4. The van der Waals surface area contributed by atoms with Gasteiger partial charge in [0.2, 0.25) is 0 Å². The summed E-state index contributed by atoms with van der Waals surface area (Å²) in [5.74, 6) is 1.00. The van der Waals surface area contributed by atoms with Gasteiger partial charge in [0.25, 0.3) is 0 Å². The van der Waals surface area contributed by atoms with Crippen molar-refractivity contribution in [3.8, 4) is 6.07 Å². The van der Waals surface area contributed by atoms with Gasteiger partial charge in [0, 0.05) is 27.8 Å². The molecule has 1 aliphatic rings. The van der Waals surface area contributed by atoms with Crippen LogP contribution in [0, 0.1) is 16.7 Å². The van der Waals surface area contributed by atoms with Gasteiger partial charge < -0.3 is 5.11 Å². The second-order valence-electron chi connectivity index (χ2n) is 11.5. The third-order valence-electron chi connectivity index (χ3n) is 7.76. The van der Waals surface area contributed by atoms with Crippen molar-refractivity contribution in [1.82, 2.24) is 4.98 Å². The molecule has 0 spiro atoms. The van der Waals surface area contributed by atoms with Crippen LogP contribution in [0.5, 0.6) is 0 Å². The molecule has 1 aromatic heterocycles. The Labute approximate surface area is 246 Å². The van der Waals surface area contributed by atoms with Crippen LogP contribution >= 0.6 is 23.4 Å². The number of aryl methyl sites for hydroxylation is 1. The number of nitrogens with zero attached hydrogens (tertiary/aromatic N) is 2. The molecule has 1 fully saturated rings. The van der Waals surface area contributed by atoms with E-state index in [-0.39, 0.29) is 5.41 Å². The molecule has 1 heterocycles. The minimum atomic E-state index is -0.878. The van der Waals surface area contributed by atoms with Gasteiger partial charge in [-0.05, 0) is 91.5 Å². The van der Waals surface area contributed by atoms with Crippen molar-refractivity contribution in [2.75, 3.05) is 5.75 Å². The van der Waals surface area contributed by atoms with Crippen molar-refractivity contribution in [3.05, 3.63) is 112 Å². The lowest BCUT2D eigenvalue weighted by Gasteiger charge is -2.24. The fourth-order valence-corrected chi connectivity index (χ4v) is 6.94. The molecule has 1 N–H and O–H groups in total. The highest BCUT2D eigenvalue weighted by molar-refractivity contribution is 7.99. The van der Waals surface area contributed by atoms with E-state index < -0.39 is 5.60 Å². The minimum absolute atomic E-state index is 0.185. The molecule has 1 aliphatic carbocycles. The van der Waals surface area contributed by atoms with Gasteiger partial charge in [-0.15, -0.1) is 0 Å². The van der Waals surface area contributed by atoms with E-state index in [4.69, 9.17) is 16.6 Å². The molecular weight excluding hydrogens is 532 g/mol. The highest BCUT2D eigenvalue weighted by atomic mass is 35.5. The summed E-state index contributed by atoms with van der Waals surface area (Å²) < 4.78 is 0. The van der Waals surface area contributed by atoms with Crippen molar-refractivity contribution >= 4 is 46.4 Å². The molecule has 5 heteroatoms. The molecule has 40 heavy (non-hydrogen) atoms. The topological polar surface area (TPSA) is 56.9 Å². The largest absolute Gasteiger partial charge is 0.386 e. The lowest BCUT2D eigenvalue weighted by atomic mass is 9.90. The molecule has 0 saturated heterocycles. The molecule has 0 radical (unpaired) electrons. The van der Waals surface area contributed by atoms with Crippen LogP contribution in [0.3, 0.4) is 0 Å². The summed E-state index contributed by atoms with van der Waals surface area (Å²) in [4.78, 5) is 4.76. The molecule has 3 nitrogen and oxygen atoms in total. The van der Waals surface area contributed by atoms with Gasteiger partial charge >= 0.3 is 0 Å². The van der Waals surface area contributed by atoms with Crippen LogP contribution in [0.25, 0.3) is 23.1 Å². The van der Waals surface area contributed by atoms with Crippen molar-refractivity contribution in [3.63, 3.8) is 0 Å². The number of thioether (sulfide) groups is 1. The zero-order valence-corrected chi connectivity index (χ0v) is 24.7. The first kappa shape index (κ1) is 28.4.